The van der Waals surface area contributed by atoms with Crippen molar-refractivity contribution in [2.75, 3.05) is 9.80 Å². The van der Waals surface area contributed by atoms with E-state index >= 15 is 0 Å². The lowest BCUT2D eigenvalue weighted by Gasteiger charge is -2.29. The van der Waals surface area contributed by atoms with Crippen molar-refractivity contribution < 1.29 is 0 Å². The quantitative estimate of drug-likeness (QED) is 0.127. The van der Waals surface area contributed by atoms with Crippen LogP contribution in [0.25, 0.3) is 86.9 Å². The average molecular weight is 831 g/mol. The molecule has 0 amide bonds. The number of benzene rings is 9. The maximum absolute atomic E-state index is 4.00. The molecule has 308 valence electrons. The first-order valence-electron chi connectivity index (χ1n) is 22.8. The Morgan fingerprint density at radius 3 is 1.45 bits per heavy atom. The summed E-state index contributed by atoms with van der Waals surface area (Å²) in [5, 5.41) is 15.3. The van der Waals surface area contributed by atoms with E-state index in [1.54, 1.807) is 0 Å². The molecule has 11 aromatic carbocycles. The molecule has 11 aromatic rings. The molecular formula is C63H46N2. The predicted molar refractivity (Wildman–Crippen MR) is 281 cm³/mol. The van der Waals surface area contributed by atoms with Crippen molar-refractivity contribution in [3.05, 3.63) is 242 Å². The van der Waals surface area contributed by atoms with Gasteiger partial charge in [-0.25, -0.2) is 0 Å². The normalized spacial score (nSPS) is 13.3. The van der Waals surface area contributed by atoms with Gasteiger partial charge in [-0.1, -0.05) is 183 Å². The van der Waals surface area contributed by atoms with Gasteiger partial charge in [-0.2, -0.15) is 0 Å². The molecule has 1 aliphatic carbocycles. The van der Waals surface area contributed by atoms with E-state index in [1.165, 1.54) is 98.3 Å². The standard InChI is InChI=1S/C63H46N2/c1-3-5-27-44(4-2)64(45-28-15-8-16-29-45)54-40-38-52-58-48(54)34-21-36-50(58)60-56(42-23-11-6-12-24-42)63-53-39-41-55(65(46-30-17-9-18-31-46)47-32-19-10-20-33-47)49-35-22-37-51(59(49)53)61(63)57(62(52)60)43-25-13-7-14-26-43/h3-9,11-19,21-41H,1,10,20H2,2H3/b27-5-,44-4+. The van der Waals surface area contributed by atoms with Gasteiger partial charge < -0.3 is 9.80 Å². The summed E-state index contributed by atoms with van der Waals surface area (Å²) in [6.07, 6.45) is 17.3. The Kier molecular flexibility index (Phi) is 9.39. The third kappa shape index (κ3) is 6.02. The SMILES string of the molecule is C=C/C=C\C(=C/C)N(c1ccccc1)c1ccc2c3c(-c4ccccc4)c4c5cccc6c(N(C7=CCCC=C7)c7ccccc7)ccc(c4c(-c4ccccc4)c3c3cccc1c32)c65. The van der Waals surface area contributed by atoms with Crippen LogP contribution < -0.4 is 9.80 Å². The van der Waals surface area contributed by atoms with Crippen LogP contribution in [-0.2, 0) is 0 Å². The number of anilines is 4. The number of nitrogens with zero attached hydrogens (tertiary/aromatic N) is 2. The molecule has 0 atom stereocenters. The largest absolute Gasteiger partial charge is 0.310 e. The third-order valence-corrected chi connectivity index (χ3v) is 13.4. The van der Waals surface area contributed by atoms with Crippen molar-refractivity contribution in [2.24, 2.45) is 0 Å². The molecule has 2 nitrogen and oxygen atoms in total. The van der Waals surface area contributed by atoms with Crippen LogP contribution in [0.5, 0.6) is 0 Å². The number of hydrogen-bond donors (Lipinski definition) is 0. The van der Waals surface area contributed by atoms with Gasteiger partial charge in [0.25, 0.3) is 0 Å². The molecule has 0 aromatic heterocycles. The summed E-state index contributed by atoms with van der Waals surface area (Å²) in [6, 6.07) is 67.3. The van der Waals surface area contributed by atoms with Crippen molar-refractivity contribution in [2.45, 2.75) is 19.8 Å². The molecule has 0 spiro atoms. The van der Waals surface area contributed by atoms with Gasteiger partial charge in [-0.05, 0) is 144 Å². The van der Waals surface area contributed by atoms with Crippen LogP contribution in [0.4, 0.5) is 22.7 Å². The highest BCUT2D eigenvalue weighted by Crippen LogP contribution is 2.57. The molecule has 0 fully saturated rings. The molecule has 0 N–H and O–H groups in total. The molecule has 2 heteroatoms. The van der Waals surface area contributed by atoms with Crippen LogP contribution in [0.15, 0.2) is 242 Å². The van der Waals surface area contributed by atoms with Crippen molar-refractivity contribution in [1.29, 1.82) is 0 Å². The summed E-state index contributed by atoms with van der Waals surface area (Å²) in [4.78, 5) is 4.84. The lowest BCUT2D eigenvalue weighted by Crippen LogP contribution is -2.16. The molecule has 65 heavy (non-hydrogen) atoms. The fourth-order valence-electron chi connectivity index (χ4n) is 10.9. The van der Waals surface area contributed by atoms with Crippen LogP contribution in [-0.4, -0.2) is 0 Å². The Labute approximate surface area is 380 Å². The first kappa shape index (κ1) is 38.5. The van der Waals surface area contributed by atoms with Gasteiger partial charge in [0.15, 0.2) is 0 Å². The van der Waals surface area contributed by atoms with E-state index in [-0.39, 0.29) is 0 Å². The Morgan fingerprint density at radius 2 is 0.938 bits per heavy atom. The Balaban J connectivity index is 1.26. The highest BCUT2D eigenvalue weighted by molar-refractivity contribution is 6.47. The lowest BCUT2D eigenvalue weighted by atomic mass is 9.87. The van der Waals surface area contributed by atoms with E-state index in [2.05, 4.69) is 236 Å². The van der Waals surface area contributed by atoms with E-state index in [1.807, 2.05) is 12.2 Å². The minimum Gasteiger partial charge on any atom is -0.310 e. The minimum atomic E-state index is 1.02. The molecule has 0 heterocycles. The molecule has 0 aliphatic heterocycles. The second kappa shape index (κ2) is 15.9. The number of para-hydroxylation sites is 2. The van der Waals surface area contributed by atoms with Gasteiger partial charge >= 0.3 is 0 Å². The zero-order chi connectivity index (χ0) is 43.4. The highest BCUT2D eigenvalue weighted by atomic mass is 15.2. The van der Waals surface area contributed by atoms with E-state index in [4.69, 9.17) is 0 Å². The molecule has 0 bridgehead atoms. The van der Waals surface area contributed by atoms with Crippen LogP contribution in [0.3, 0.4) is 0 Å². The van der Waals surface area contributed by atoms with Crippen LogP contribution in [0.1, 0.15) is 19.8 Å². The molecule has 1 aliphatic rings. The highest BCUT2D eigenvalue weighted by Gasteiger charge is 2.30. The summed E-state index contributed by atoms with van der Waals surface area (Å²) < 4.78 is 0. The molecule has 0 saturated carbocycles. The fourth-order valence-corrected chi connectivity index (χ4v) is 10.9. The minimum absolute atomic E-state index is 1.02. The fraction of sp³-hybridized carbons (Fsp3) is 0.0476. The molecular weight excluding hydrogens is 785 g/mol. The number of allylic oxidation sites excluding steroid dienone is 7. The summed E-state index contributed by atoms with van der Waals surface area (Å²) in [6.45, 7) is 6.11. The smallest absolute Gasteiger partial charge is 0.0540 e. The number of hydrogen-bond acceptors (Lipinski definition) is 2. The summed E-state index contributed by atoms with van der Waals surface area (Å²) >= 11 is 0. The molecule has 12 rings (SSSR count). The predicted octanol–water partition coefficient (Wildman–Crippen LogP) is 18.0. The van der Waals surface area contributed by atoms with Crippen molar-refractivity contribution in [3.8, 4) is 22.3 Å². The second-order valence-electron chi connectivity index (χ2n) is 17.0. The van der Waals surface area contributed by atoms with Crippen LogP contribution >= 0.6 is 0 Å². The van der Waals surface area contributed by atoms with E-state index in [0.717, 1.165) is 35.6 Å². The number of fused-ring (bicyclic) bond motifs is 6. The van der Waals surface area contributed by atoms with Crippen molar-refractivity contribution in [3.63, 3.8) is 0 Å². The van der Waals surface area contributed by atoms with Crippen LogP contribution in [0.2, 0.25) is 0 Å². The number of rotatable bonds is 10. The first-order chi connectivity index (χ1) is 32.2. The third-order valence-electron chi connectivity index (χ3n) is 13.4. The zero-order valence-corrected chi connectivity index (χ0v) is 36.4. The van der Waals surface area contributed by atoms with Gasteiger partial charge in [0, 0.05) is 33.5 Å². The van der Waals surface area contributed by atoms with Gasteiger partial charge in [-0.15, -0.1) is 0 Å². The lowest BCUT2D eigenvalue weighted by molar-refractivity contribution is 0.998. The summed E-state index contributed by atoms with van der Waals surface area (Å²) in [5.74, 6) is 0. The van der Waals surface area contributed by atoms with Crippen molar-refractivity contribution >= 4 is 87.4 Å². The van der Waals surface area contributed by atoms with Gasteiger partial charge in [-0.3, -0.25) is 0 Å². The maximum atomic E-state index is 4.00. The van der Waals surface area contributed by atoms with E-state index < -0.39 is 0 Å². The molecule has 0 saturated heterocycles. The Morgan fingerprint density at radius 1 is 0.462 bits per heavy atom. The molecule has 0 radical (unpaired) electrons. The van der Waals surface area contributed by atoms with Crippen molar-refractivity contribution in [1.82, 2.24) is 0 Å². The van der Waals surface area contributed by atoms with Crippen LogP contribution in [0, 0.1) is 0 Å². The zero-order valence-electron chi connectivity index (χ0n) is 36.4. The average Bonchev–Trinajstić information content (AvgIpc) is 3.89. The summed E-state index contributed by atoms with van der Waals surface area (Å²) in [5.41, 5.74) is 11.9. The maximum Gasteiger partial charge on any atom is 0.0540 e. The second-order valence-corrected chi connectivity index (χ2v) is 17.0. The topological polar surface area (TPSA) is 6.48 Å². The first-order valence-corrected chi connectivity index (χ1v) is 22.8. The Bertz CT molecular complexity index is 3610. The molecule has 0 unspecified atom stereocenters. The van der Waals surface area contributed by atoms with Gasteiger partial charge in [0.05, 0.1) is 11.4 Å². The monoisotopic (exact) mass is 830 g/mol. The summed E-state index contributed by atoms with van der Waals surface area (Å²) in [7, 11) is 0. The van der Waals surface area contributed by atoms with E-state index in [0.29, 0.717) is 0 Å². The van der Waals surface area contributed by atoms with Gasteiger partial charge in [0.1, 0.15) is 0 Å². The van der Waals surface area contributed by atoms with Gasteiger partial charge in [0.2, 0.25) is 0 Å². The Hall–Kier alpha value is -8.20. The van der Waals surface area contributed by atoms with E-state index in [9.17, 15) is 0 Å².